The van der Waals surface area contributed by atoms with E-state index in [4.69, 9.17) is 0 Å². The summed E-state index contributed by atoms with van der Waals surface area (Å²) in [7, 11) is -3.25. The lowest BCUT2D eigenvalue weighted by Gasteiger charge is -2.13. The summed E-state index contributed by atoms with van der Waals surface area (Å²) >= 11 is 0. The highest BCUT2D eigenvalue weighted by Crippen LogP contribution is 2.16. The maximum atomic E-state index is 10.8. The van der Waals surface area contributed by atoms with Crippen molar-refractivity contribution in [3.8, 4) is 0 Å². The van der Waals surface area contributed by atoms with E-state index in [1.54, 1.807) is 6.07 Å². The van der Waals surface area contributed by atoms with E-state index in [9.17, 15) is 13.5 Å². The van der Waals surface area contributed by atoms with E-state index in [0.717, 1.165) is 17.4 Å². The number of aryl methyl sites for hydroxylation is 1. The van der Waals surface area contributed by atoms with E-state index in [0.29, 0.717) is 0 Å². The molecule has 4 nitrogen and oxygen atoms in total. The van der Waals surface area contributed by atoms with Crippen molar-refractivity contribution >= 4 is 10.0 Å². The Bertz CT molecular complexity index is 428. The second kappa shape index (κ2) is 4.74. The molecule has 1 aromatic rings. The van der Waals surface area contributed by atoms with E-state index in [-0.39, 0.29) is 6.54 Å². The number of aliphatic hydroxyl groups excluding tert-OH is 1. The van der Waals surface area contributed by atoms with E-state index >= 15 is 0 Å². The summed E-state index contributed by atoms with van der Waals surface area (Å²) in [5, 5.41) is 9.74. The Morgan fingerprint density at radius 2 is 2.00 bits per heavy atom. The molecule has 15 heavy (non-hydrogen) atoms. The Balaban J connectivity index is 2.70. The summed E-state index contributed by atoms with van der Waals surface area (Å²) in [5.41, 5.74) is 1.69. The van der Waals surface area contributed by atoms with Crippen molar-refractivity contribution in [1.82, 2.24) is 4.72 Å². The molecule has 0 bridgehead atoms. The van der Waals surface area contributed by atoms with E-state index in [2.05, 4.69) is 4.72 Å². The van der Waals surface area contributed by atoms with E-state index in [1.807, 2.05) is 25.1 Å². The fourth-order valence-corrected chi connectivity index (χ4v) is 1.76. The maximum Gasteiger partial charge on any atom is 0.208 e. The maximum absolute atomic E-state index is 10.8. The Morgan fingerprint density at radius 1 is 1.40 bits per heavy atom. The molecule has 0 saturated heterocycles. The standard InChI is InChI=1S/C10H15NO3S/c1-8-5-3-4-6-9(8)10(12)7-11-15(2,13)14/h3-6,10-12H,7H2,1-2H3. The zero-order valence-corrected chi connectivity index (χ0v) is 9.58. The summed E-state index contributed by atoms with van der Waals surface area (Å²) in [6, 6.07) is 7.34. The minimum Gasteiger partial charge on any atom is -0.387 e. The fraction of sp³-hybridized carbons (Fsp3) is 0.400. The molecule has 0 aromatic heterocycles. The quantitative estimate of drug-likeness (QED) is 0.793. The van der Waals surface area contributed by atoms with Crippen LogP contribution in [0.2, 0.25) is 0 Å². The Hall–Kier alpha value is -0.910. The summed E-state index contributed by atoms with van der Waals surface area (Å²) in [5.74, 6) is 0. The fourth-order valence-electron chi connectivity index (χ4n) is 1.30. The number of aliphatic hydroxyl groups is 1. The van der Waals surface area contributed by atoms with Gasteiger partial charge in [-0.2, -0.15) is 0 Å². The molecule has 0 spiro atoms. The van der Waals surface area contributed by atoms with Crippen LogP contribution >= 0.6 is 0 Å². The topological polar surface area (TPSA) is 66.4 Å². The Morgan fingerprint density at radius 3 is 2.53 bits per heavy atom. The highest BCUT2D eigenvalue weighted by molar-refractivity contribution is 7.88. The number of sulfonamides is 1. The first kappa shape index (κ1) is 12.2. The molecule has 2 N–H and O–H groups in total. The van der Waals surface area contributed by atoms with Crippen molar-refractivity contribution < 1.29 is 13.5 Å². The number of hydrogen-bond donors (Lipinski definition) is 2. The normalized spacial score (nSPS) is 13.8. The molecule has 1 atom stereocenters. The molecular weight excluding hydrogens is 214 g/mol. The van der Waals surface area contributed by atoms with Crippen molar-refractivity contribution in [2.24, 2.45) is 0 Å². The van der Waals surface area contributed by atoms with Gasteiger partial charge in [0.15, 0.2) is 0 Å². The van der Waals surface area contributed by atoms with Crippen LogP contribution in [0.1, 0.15) is 17.2 Å². The van der Waals surface area contributed by atoms with E-state index < -0.39 is 16.1 Å². The van der Waals surface area contributed by atoms with E-state index in [1.165, 1.54) is 0 Å². The van der Waals surface area contributed by atoms with Gasteiger partial charge in [-0.25, -0.2) is 13.1 Å². The summed E-state index contributed by atoms with van der Waals surface area (Å²) < 4.78 is 23.9. The molecule has 0 heterocycles. The molecule has 0 saturated carbocycles. The van der Waals surface area contributed by atoms with Crippen LogP contribution in [0.4, 0.5) is 0 Å². The van der Waals surface area contributed by atoms with Crippen molar-refractivity contribution in [3.05, 3.63) is 35.4 Å². The van der Waals surface area contributed by atoms with Crippen LogP contribution < -0.4 is 4.72 Å². The van der Waals surface area contributed by atoms with Crippen LogP contribution in [0, 0.1) is 6.92 Å². The molecule has 0 aliphatic carbocycles. The molecule has 0 aliphatic heterocycles. The van der Waals surface area contributed by atoms with Gasteiger partial charge in [-0.1, -0.05) is 24.3 Å². The van der Waals surface area contributed by atoms with Crippen molar-refractivity contribution in [2.75, 3.05) is 12.8 Å². The van der Waals surface area contributed by atoms with Crippen LogP contribution in [0.5, 0.6) is 0 Å². The van der Waals surface area contributed by atoms with Crippen LogP contribution in [-0.2, 0) is 10.0 Å². The molecule has 0 aliphatic rings. The van der Waals surface area contributed by atoms with Gasteiger partial charge in [0.05, 0.1) is 12.4 Å². The predicted octanol–water partition coefficient (Wildman–Crippen LogP) is 0.578. The first-order chi connectivity index (χ1) is 6.90. The third kappa shape index (κ3) is 3.99. The van der Waals surface area contributed by atoms with Gasteiger partial charge in [-0.3, -0.25) is 0 Å². The van der Waals surface area contributed by atoms with Crippen LogP contribution in [0.25, 0.3) is 0 Å². The molecule has 1 rings (SSSR count). The number of hydrogen-bond acceptors (Lipinski definition) is 3. The molecular formula is C10H15NO3S. The van der Waals surface area contributed by atoms with Crippen LogP contribution in [0.3, 0.4) is 0 Å². The van der Waals surface area contributed by atoms with Crippen LogP contribution in [0.15, 0.2) is 24.3 Å². The smallest absolute Gasteiger partial charge is 0.208 e. The summed E-state index contributed by atoms with van der Waals surface area (Å²) in [6.07, 6.45) is 0.262. The zero-order valence-electron chi connectivity index (χ0n) is 8.77. The number of nitrogens with one attached hydrogen (secondary N) is 1. The van der Waals surface area contributed by atoms with Crippen molar-refractivity contribution in [1.29, 1.82) is 0 Å². The third-order valence-corrected chi connectivity index (χ3v) is 2.78. The highest BCUT2D eigenvalue weighted by Gasteiger charge is 2.11. The molecule has 5 heteroatoms. The molecule has 84 valence electrons. The number of rotatable bonds is 4. The zero-order chi connectivity index (χ0) is 11.5. The van der Waals surface area contributed by atoms with Gasteiger partial charge < -0.3 is 5.11 Å². The van der Waals surface area contributed by atoms with Gasteiger partial charge in [0.2, 0.25) is 10.0 Å². The van der Waals surface area contributed by atoms with Gasteiger partial charge in [-0.15, -0.1) is 0 Å². The van der Waals surface area contributed by atoms with Gasteiger partial charge >= 0.3 is 0 Å². The van der Waals surface area contributed by atoms with Gasteiger partial charge in [0.1, 0.15) is 0 Å². The average molecular weight is 229 g/mol. The second-order valence-corrected chi connectivity index (χ2v) is 5.33. The SMILES string of the molecule is Cc1ccccc1C(O)CNS(C)(=O)=O. The largest absolute Gasteiger partial charge is 0.387 e. The minimum atomic E-state index is -3.25. The third-order valence-electron chi connectivity index (χ3n) is 2.09. The lowest BCUT2D eigenvalue weighted by molar-refractivity contribution is 0.181. The van der Waals surface area contributed by atoms with Crippen molar-refractivity contribution in [2.45, 2.75) is 13.0 Å². The van der Waals surface area contributed by atoms with Crippen LogP contribution in [-0.4, -0.2) is 26.3 Å². The minimum absolute atomic E-state index is 0.00366. The summed E-state index contributed by atoms with van der Waals surface area (Å²) in [4.78, 5) is 0. The second-order valence-electron chi connectivity index (χ2n) is 3.49. The molecule has 0 radical (unpaired) electrons. The lowest BCUT2D eigenvalue weighted by Crippen LogP contribution is -2.27. The molecule has 1 aromatic carbocycles. The lowest BCUT2D eigenvalue weighted by atomic mass is 10.0. The van der Waals surface area contributed by atoms with Gasteiger partial charge in [0.25, 0.3) is 0 Å². The Labute approximate surface area is 90.0 Å². The molecule has 0 amide bonds. The van der Waals surface area contributed by atoms with Gasteiger partial charge in [-0.05, 0) is 18.1 Å². The predicted molar refractivity (Wildman–Crippen MR) is 59.0 cm³/mol. The summed E-state index contributed by atoms with van der Waals surface area (Å²) in [6.45, 7) is 1.88. The average Bonchev–Trinajstić information content (AvgIpc) is 2.14. The monoisotopic (exact) mass is 229 g/mol. The molecule has 1 unspecified atom stereocenters. The van der Waals surface area contributed by atoms with Crippen molar-refractivity contribution in [3.63, 3.8) is 0 Å². The Kier molecular flexibility index (Phi) is 3.84. The first-order valence-corrected chi connectivity index (χ1v) is 6.47. The number of benzene rings is 1. The molecule has 0 fully saturated rings. The highest BCUT2D eigenvalue weighted by atomic mass is 32.2. The van der Waals surface area contributed by atoms with Gasteiger partial charge in [0, 0.05) is 6.54 Å². The first-order valence-electron chi connectivity index (χ1n) is 4.58.